The minimum atomic E-state index is -2.31. The summed E-state index contributed by atoms with van der Waals surface area (Å²) in [6, 6.07) is 0. The molecular formula is C40H50F5N3O4. The third kappa shape index (κ3) is 7.21. The maximum Gasteiger partial charge on any atom is 0.412 e. The predicted molar refractivity (Wildman–Crippen MR) is 187 cm³/mol. The van der Waals surface area contributed by atoms with Crippen molar-refractivity contribution in [3.05, 3.63) is 82.3 Å². The van der Waals surface area contributed by atoms with Crippen molar-refractivity contribution < 1.29 is 41.7 Å². The third-order valence-electron chi connectivity index (χ3n) is 12.6. The van der Waals surface area contributed by atoms with Gasteiger partial charge in [-0.2, -0.15) is 0 Å². The van der Waals surface area contributed by atoms with Gasteiger partial charge < -0.3 is 19.9 Å². The Hall–Kier alpha value is -3.51. The highest BCUT2D eigenvalue weighted by Gasteiger charge is 2.56. The fourth-order valence-electron chi connectivity index (χ4n) is 9.57. The number of anilines is 1. The lowest BCUT2D eigenvalue weighted by molar-refractivity contribution is 0.0577. The number of carbonyl (C=O) groups is 1. The van der Waals surface area contributed by atoms with Crippen molar-refractivity contribution in [1.29, 1.82) is 0 Å². The van der Waals surface area contributed by atoms with Gasteiger partial charge >= 0.3 is 6.09 Å². The summed E-state index contributed by atoms with van der Waals surface area (Å²) in [6.45, 7) is 10.7. The maximum absolute atomic E-state index is 14.5. The molecule has 4 saturated carbocycles. The molecule has 4 N–H and O–H groups in total. The number of allylic oxidation sites excluding steroid dienone is 3. The van der Waals surface area contributed by atoms with Gasteiger partial charge in [-0.15, -0.1) is 0 Å². The molecule has 7 nitrogen and oxygen atoms in total. The molecule has 1 aromatic carbocycles. The standard InChI is InChI=1S/C40H50F5N3O4/c1-5-7-25-20-46-37(47-25)40(16-17-40)30(52-38(51)48-36-34(44)32(42)31(41)33(43)35(36)45)14-9-21(2)27-12-13-28-23(8-6-15-39(27,28)4)10-11-24-18-26(49)19-29(50)22(24)3/h10-11,20-21,26-30,49-50H,3,5-9,12-19H2,1-2,4H3,(H,46,47)(H,48,51)/b23-10+,24-11-/t21-,26-,27-,28+,29+,30+,39-/m1/s1. The van der Waals surface area contributed by atoms with Gasteiger partial charge in [-0.3, -0.25) is 5.32 Å². The van der Waals surface area contributed by atoms with Crippen LogP contribution in [0.2, 0.25) is 0 Å². The molecule has 4 aliphatic carbocycles. The summed E-state index contributed by atoms with van der Waals surface area (Å²) in [5.41, 5.74) is 1.78. The molecule has 4 fully saturated rings. The summed E-state index contributed by atoms with van der Waals surface area (Å²) in [7, 11) is 0. The zero-order valence-corrected chi connectivity index (χ0v) is 30.1. The van der Waals surface area contributed by atoms with Gasteiger partial charge in [0.15, 0.2) is 23.3 Å². The normalized spacial score (nSPS) is 29.6. The molecule has 284 valence electrons. The van der Waals surface area contributed by atoms with Crippen molar-refractivity contribution in [2.75, 3.05) is 5.32 Å². The van der Waals surface area contributed by atoms with E-state index in [1.54, 1.807) is 11.5 Å². The highest BCUT2D eigenvalue weighted by atomic mass is 19.2. The molecule has 0 unspecified atom stereocenters. The number of rotatable bonds is 11. The summed E-state index contributed by atoms with van der Waals surface area (Å²) < 4.78 is 76.3. The van der Waals surface area contributed by atoms with Crippen molar-refractivity contribution in [2.45, 2.75) is 128 Å². The molecule has 2 aromatic rings. The Labute approximate surface area is 301 Å². The van der Waals surface area contributed by atoms with E-state index in [-0.39, 0.29) is 11.3 Å². The monoisotopic (exact) mass is 731 g/mol. The van der Waals surface area contributed by atoms with E-state index in [1.165, 1.54) is 5.57 Å². The number of amides is 1. The second-order valence-electron chi connectivity index (χ2n) is 15.8. The summed E-state index contributed by atoms with van der Waals surface area (Å²) in [4.78, 5) is 21.2. The van der Waals surface area contributed by atoms with Crippen LogP contribution in [0.15, 0.2) is 41.6 Å². The third-order valence-corrected chi connectivity index (χ3v) is 12.6. The van der Waals surface area contributed by atoms with Gasteiger partial charge in [0.2, 0.25) is 5.82 Å². The fourth-order valence-corrected chi connectivity index (χ4v) is 9.57. The summed E-state index contributed by atoms with van der Waals surface area (Å²) in [5, 5.41) is 22.3. The van der Waals surface area contributed by atoms with Crippen molar-refractivity contribution in [3.8, 4) is 0 Å². The Morgan fingerprint density at radius 3 is 2.44 bits per heavy atom. The van der Waals surface area contributed by atoms with Crippen LogP contribution in [0.4, 0.5) is 32.4 Å². The number of hydrogen-bond donors (Lipinski definition) is 4. The van der Waals surface area contributed by atoms with Crippen LogP contribution in [-0.4, -0.2) is 44.6 Å². The van der Waals surface area contributed by atoms with Crippen LogP contribution in [0, 0.1) is 52.3 Å². The van der Waals surface area contributed by atoms with E-state index in [2.05, 4.69) is 36.5 Å². The number of aliphatic hydroxyl groups excluding tert-OH is 2. The fraction of sp³-hybridized carbons (Fsp3) is 0.600. The van der Waals surface area contributed by atoms with Gasteiger partial charge in [0.05, 0.1) is 17.6 Å². The molecule has 0 aliphatic heterocycles. The molecule has 1 amide bonds. The molecule has 0 bridgehead atoms. The summed E-state index contributed by atoms with van der Waals surface area (Å²) in [5.74, 6) is -9.28. The lowest BCUT2D eigenvalue weighted by Crippen LogP contribution is -2.37. The number of ether oxygens (including phenoxy) is 1. The maximum atomic E-state index is 14.5. The zero-order chi connectivity index (χ0) is 37.5. The van der Waals surface area contributed by atoms with Gasteiger partial charge in [0.25, 0.3) is 0 Å². The number of nitrogens with zero attached hydrogens (tertiary/aromatic N) is 1. The number of aryl methyl sites for hydroxylation is 1. The number of halogens is 5. The topological polar surface area (TPSA) is 107 Å². The lowest BCUT2D eigenvalue weighted by Gasteiger charge is -2.44. The first-order chi connectivity index (χ1) is 24.7. The lowest BCUT2D eigenvalue weighted by atomic mass is 9.60. The van der Waals surface area contributed by atoms with Crippen LogP contribution in [0.5, 0.6) is 0 Å². The predicted octanol–water partition coefficient (Wildman–Crippen LogP) is 9.26. The number of nitrogens with one attached hydrogen (secondary N) is 2. The molecule has 0 saturated heterocycles. The first-order valence-electron chi connectivity index (χ1n) is 18.7. The van der Waals surface area contributed by atoms with Crippen LogP contribution in [0.25, 0.3) is 0 Å². The van der Waals surface area contributed by atoms with E-state index in [4.69, 9.17) is 4.74 Å². The van der Waals surface area contributed by atoms with Crippen LogP contribution >= 0.6 is 0 Å². The smallest absolute Gasteiger partial charge is 0.412 e. The molecule has 0 radical (unpaired) electrons. The number of aromatic amines is 1. The molecule has 1 aromatic heterocycles. The number of aliphatic hydroxyl groups is 2. The number of carbonyl (C=O) groups excluding carboxylic acids is 1. The molecule has 1 heterocycles. The molecule has 0 spiro atoms. The van der Waals surface area contributed by atoms with Gasteiger partial charge in [-0.05, 0) is 105 Å². The second-order valence-corrected chi connectivity index (χ2v) is 15.8. The van der Waals surface area contributed by atoms with Crippen molar-refractivity contribution >= 4 is 11.8 Å². The van der Waals surface area contributed by atoms with Gasteiger partial charge in [-0.25, -0.2) is 31.7 Å². The minimum Gasteiger partial charge on any atom is -0.445 e. The Kier molecular flexibility index (Phi) is 11.1. The zero-order valence-electron chi connectivity index (χ0n) is 30.1. The largest absolute Gasteiger partial charge is 0.445 e. The number of benzene rings is 1. The number of fused-ring (bicyclic) bond motifs is 1. The highest BCUT2D eigenvalue weighted by Crippen LogP contribution is 2.60. The van der Waals surface area contributed by atoms with Crippen molar-refractivity contribution in [1.82, 2.24) is 9.97 Å². The number of hydrogen-bond acceptors (Lipinski definition) is 5. The van der Waals surface area contributed by atoms with Gasteiger partial charge in [0, 0.05) is 18.3 Å². The molecular weight excluding hydrogens is 681 g/mol. The van der Waals surface area contributed by atoms with Crippen molar-refractivity contribution in [3.63, 3.8) is 0 Å². The highest BCUT2D eigenvalue weighted by molar-refractivity contribution is 5.85. The SMILES string of the molecule is C=C1/C(=C\C=C2/CCC[C@]3(C)[C@@H]([C@H](C)CC[C@H](OC(=O)Nc4c(F)c(F)c(F)c(F)c4F)C4(c5ncc(CCC)[nH]5)CC4)CC[C@@H]23)C[C@@H](O)C[C@@H]1O. The Bertz CT molecular complexity index is 1720. The van der Waals surface area contributed by atoms with E-state index >= 15 is 0 Å². The number of imidazole rings is 1. The minimum absolute atomic E-state index is 0.0391. The number of H-pyrrole nitrogens is 1. The molecule has 6 rings (SSSR count). The van der Waals surface area contributed by atoms with Gasteiger partial charge in [0.1, 0.15) is 17.6 Å². The van der Waals surface area contributed by atoms with E-state index in [9.17, 15) is 37.0 Å². The van der Waals surface area contributed by atoms with E-state index < -0.39 is 64.6 Å². The van der Waals surface area contributed by atoms with Crippen LogP contribution in [0.3, 0.4) is 0 Å². The first-order valence-corrected chi connectivity index (χ1v) is 18.7. The Morgan fingerprint density at radius 2 is 1.77 bits per heavy atom. The summed E-state index contributed by atoms with van der Waals surface area (Å²) in [6.07, 6.45) is 12.6. The van der Waals surface area contributed by atoms with E-state index in [1.807, 2.05) is 13.0 Å². The molecule has 7 atom stereocenters. The first kappa shape index (κ1) is 38.2. The Morgan fingerprint density at radius 1 is 1.08 bits per heavy atom. The van der Waals surface area contributed by atoms with E-state index in [0.717, 1.165) is 56.2 Å². The van der Waals surface area contributed by atoms with Gasteiger partial charge in [-0.1, -0.05) is 51.5 Å². The van der Waals surface area contributed by atoms with Crippen molar-refractivity contribution in [2.24, 2.45) is 23.2 Å². The van der Waals surface area contributed by atoms with Crippen LogP contribution in [-0.2, 0) is 16.6 Å². The Balaban J connectivity index is 1.19. The number of aromatic nitrogens is 2. The summed E-state index contributed by atoms with van der Waals surface area (Å²) >= 11 is 0. The molecule has 12 heteroatoms. The average Bonchev–Trinajstić information content (AvgIpc) is 3.64. The second kappa shape index (κ2) is 15.1. The van der Waals surface area contributed by atoms with Crippen LogP contribution in [0.1, 0.15) is 109 Å². The van der Waals surface area contributed by atoms with Crippen LogP contribution < -0.4 is 5.32 Å². The average molecular weight is 732 g/mol. The quantitative estimate of drug-likeness (QED) is 0.105. The van der Waals surface area contributed by atoms with E-state index in [0.29, 0.717) is 61.8 Å². The molecule has 52 heavy (non-hydrogen) atoms. The molecule has 4 aliphatic rings.